The van der Waals surface area contributed by atoms with Gasteiger partial charge in [-0.15, -0.1) is 0 Å². The monoisotopic (exact) mass is 368 g/mol. The molecule has 3 aromatic rings. The van der Waals surface area contributed by atoms with Crippen LogP contribution in [0.2, 0.25) is 0 Å². The second-order valence-electron chi connectivity index (χ2n) is 5.81. The molecule has 0 fully saturated rings. The highest BCUT2D eigenvalue weighted by Gasteiger charge is 2.15. The van der Waals surface area contributed by atoms with Crippen molar-refractivity contribution in [2.75, 3.05) is 12.4 Å². The van der Waals surface area contributed by atoms with Crippen molar-refractivity contribution in [2.45, 2.75) is 20.4 Å². The zero-order chi connectivity index (χ0) is 18.5. The van der Waals surface area contributed by atoms with E-state index in [0.717, 1.165) is 16.9 Å². The quantitative estimate of drug-likeness (QED) is 0.691. The molecule has 7 heteroatoms. The van der Waals surface area contributed by atoms with E-state index in [-0.39, 0.29) is 5.91 Å². The number of ether oxygens (including phenoxy) is 1. The maximum atomic E-state index is 12.5. The Morgan fingerprint density at radius 1 is 1.23 bits per heavy atom. The molecule has 0 bridgehead atoms. The number of methoxy groups -OCH3 is 1. The smallest absolute Gasteiger partial charge is 0.263 e. The standard InChI is InChI=1S/C19H20N4O2S/c1-12-7-8-20-16(9-12)23-19-22-13(2)17(26-19)18(24)21-11-14-5-4-6-15(10-14)25-3/h4-10H,11H2,1-3H3,(H,21,24)(H,20,22,23). The third-order valence-corrected chi connectivity index (χ3v) is 4.81. The average Bonchev–Trinajstić information content (AvgIpc) is 3.00. The number of aromatic nitrogens is 2. The molecule has 1 aromatic carbocycles. The predicted octanol–water partition coefficient (Wildman–Crippen LogP) is 3.84. The van der Waals surface area contributed by atoms with Crippen molar-refractivity contribution >= 4 is 28.2 Å². The minimum absolute atomic E-state index is 0.145. The van der Waals surface area contributed by atoms with Crippen molar-refractivity contribution < 1.29 is 9.53 Å². The molecule has 134 valence electrons. The molecule has 0 radical (unpaired) electrons. The van der Waals surface area contributed by atoms with Crippen LogP contribution in [0, 0.1) is 13.8 Å². The van der Waals surface area contributed by atoms with Gasteiger partial charge in [-0.25, -0.2) is 9.97 Å². The number of hydrogen-bond donors (Lipinski definition) is 2. The Morgan fingerprint density at radius 2 is 2.08 bits per heavy atom. The van der Waals surface area contributed by atoms with Crippen molar-refractivity contribution in [3.63, 3.8) is 0 Å². The fourth-order valence-electron chi connectivity index (χ4n) is 2.42. The van der Waals surface area contributed by atoms with Gasteiger partial charge in [-0.05, 0) is 49.2 Å². The van der Waals surface area contributed by atoms with E-state index < -0.39 is 0 Å². The zero-order valence-electron chi connectivity index (χ0n) is 14.9. The molecule has 0 saturated carbocycles. The predicted molar refractivity (Wildman–Crippen MR) is 103 cm³/mol. The molecule has 2 N–H and O–H groups in total. The number of hydrogen-bond acceptors (Lipinski definition) is 6. The first-order valence-corrected chi connectivity index (χ1v) is 8.95. The Labute approximate surface area is 156 Å². The highest BCUT2D eigenvalue weighted by Crippen LogP contribution is 2.25. The second kappa shape index (κ2) is 7.97. The molecule has 1 amide bonds. The van der Waals surface area contributed by atoms with Crippen LogP contribution in [0.3, 0.4) is 0 Å². The third kappa shape index (κ3) is 4.37. The van der Waals surface area contributed by atoms with Crippen molar-refractivity contribution in [3.8, 4) is 5.75 Å². The van der Waals surface area contributed by atoms with Gasteiger partial charge >= 0.3 is 0 Å². The molecule has 0 aliphatic carbocycles. The van der Waals surface area contributed by atoms with Gasteiger partial charge in [0.25, 0.3) is 5.91 Å². The first kappa shape index (κ1) is 17.9. The highest BCUT2D eigenvalue weighted by molar-refractivity contribution is 7.17. The Morgan fingerprint density at radius 3 is 2.85 bits per heavy atom. The van der Waals surface area contributed by atoms with Gasteiger partial charge in [-0.2, -0.15) is 0 Å². The zero-order valence-corrected chi connectivity index (χ0v) is 15.7. The fourth-order valence-corrected chi connectivity index (χ4v) is 3.31. The van der Waals surface area contributed by atoms with Gasteiger partial charge in [-0.1, -0.05) is 23.5 Å². The number of carbonyl (C=O) groups is 1. The summed E-state index contributed by atoms with van der Waals surface area (Å²) >= 11 is 1.31. The number of anilines is 2. The van der Waals surface area contributed by atoms with Crippen LogP contribution in [-0.4, -0.2) is 23.0 Å². The van der Waals surface area contributed by atoms with Crippen molar-refractivity contribution in [1.82, 2.24) is 15.3 Å². The molecule has 0 aliphatic heterocycles. The number of amides is 1. The Kier molecular flexibility index (Phi) is 5.48. The Balaban J connectivity index is 1.67. The van der Waals surface area contributed by atoms with Gasteiger partial charge in [0.05, 0.1) is 12.8 Å². The summed E-state index contributed by atoms with van der Waals surface area (Å²) in [5.74, 6) is 1.33. The van der Waals surface area contributed by atoms with Gasteiger partial charge in [0.15, 0.2) is 5.13 Å². The maximum Gasteiger partial charge on any atom is 0.263 e. The summed E-state index contributed by atoms with van der Waals surface area (Å²) in [6, 6.07) is 11.5. The second-order valence-corrected chi connectivity index (χ2v) is 6.81. The largest absolute Gasteiger partial charge is 0.497 e. The van der Waals surface area contributed by atoms with Gasteiger partial charge < -0.3 is 15.4 Å². The van der Waals surface area contributed by atoms with E-state index in [0.29, 0.717) is 28.1 Å². The van der Waals surface area contributed by atoms with Gasteiger partial charge in [0.2, 0.25) is 0 Å². The molecule has 6 nitrogen and oxygen atoms in total. The molecule has 0 unspecified atom stereocenters. The van der Waals surface area contributed by atoms with Gasteiger partial charge in [-0.3, -0.25) is 4.79 Å². The van der Waals surface area contributed by atoms with Crippen LogP contribution in [0.15, 0.2) is 42.6 Å². The van der Waals surface area contributed by atoms with Crippen molar-refractivity contribution in [1.29, 1.82) is 0 Å². The van der Waals surface area contributed by atoms with Crippen molar-refractivity contribution in [2.24, 2.45) is 0 Å². The number of aryl methyl sites for hydroxylation is 2. The first-order valence-electron chi connectivity index (χ1n) is 8.13. The van der Waals surface area contributed by atoms with Crippen LogP contribution in [0.25, 0.3) is 0 Å². The summed E-state index contributed by atoms with van der Waals surface area (Å²) in [5, 5.41) is 6.72. The van der Waals surface area contributed by atoms with E-state index in [1.54, 1.807) is 13.3 Å². The van der Waals surface area contributed by atoms with E-state index >= 15 is 0 Å². The number of benzene rings is 1. The molecule has 26 heavy (non-hydrogen) atoms. The lowest BCUT2D eigenvalue weighted by Gasteiger charge is -2.06. The number of carbonyl (C=O) groups excluding carboxylic acids is 1. The fraction of sp³-hybridized carbons (Fsp3) is 0.211. The molecular formula is C19H20N4O2S. The van der Waals surface area contributed by atoms with E-state index in [1.807, 2.05) is 50.2 Å². The van der Waals surface area contributed by atoms with Crippen LogP contribution in [-0.2, 0) is 6.54 Å². The number of nitrogens with one attached hydrogen (secondary N) is 2. The van der Waals surface area contributed by atoms with E-state index in [9.17, 15) is 4.79 Å². The number of thiazole rings is 1. The van der Waals surface area contributed by atoms with E-state index in [2.05, 4.69) is 20.6 Å². The normalized spacial score (nSPS) is 10.4. The molecule has 2 heterocycles. The van der Waals surface area contributed by atoms with E-state index in [1.165, 1.54) is 11.3 Å². The first-order chi connectivity index (χ1) is 12.5. The van der Waals surface area contributed by atoms with Gasteiger partial charge in [0, 0.05) is 12.7 Å². The minimum atomic E-state index is -0.145. The molecule has 3 rings (SSSR count). The summed E-state index contributed by atoms with van der Waals surface area (Å²) in [7, 11) is 1.62. The topological polar surface area (TPSA) is 76.1 Å². The SMILES string of the molecule is COc1cccc(CNC(=O)c2sc(Nc3cc(C)ccn3)nc2C)c1. The Bertz CT molecular complexity index is 923. The summed E-state index contributed by atoms with van der Waals surface area (Å²) in [6.45, 7) is 4.25. The molecule has 0 aliphatic rings. The molecule has 0 atom stereocenters. The molecular weight excluding hydrogens is 348 g/mol. The van der Waals surface area contributed by atoms with Crippen LogP contribution < -0.4 is 15.4 Å². The maximum absolute atomic E-state index is 12.5. The lowest BCUT2D eigenvalue weighted by Crippen LogP contribution is -2.22. The summed E-state index contributed by atoms with van der Waals surface area (Å²) in [4.78, 5) is 21.8. The van der Waals surface area contributed by atoms with Crippen LogP contribution in [0.1, 0.15) is 26.5 Å². The molecule has 0 saturated heterocycles. The lowest BCUT2D eigenvalue weighted by molar-refractivity contribution is 0.0954. The van der Waals surface area contributed by atoms with Crippen LogP contribution >= 0.6 is 11.3 Å². The average molecular weight is 368 g/mol. The van der Waals surface area contributed by atoms with Crippen LogP contribution in [0.5, 0.6) is 5.75 Å². The number of nitrogens with zero attached hydrogens (tertiary/aromatic N) is 2. The Hall–Kier alpha value is -2.93. The molecule has 0 spiro atoms. The highest BCUT2D eigenvalue weighted by atomic mass is 32.1. The minimum Gasteiger partial charge on any atom is -0.497 e. The van der Waals surface area contributed by atoms with Crippen LogP contribution in [0.4, 0.5) is 10.9 Å². The third-order valence-electron chi connectivity index (χ3n) is 3.74. The summed E-state index contributed by atoms with van der Waals surface area (Å²) in [5.41, 5.74) is 2.77. The van der Waals surface area contributed by atoms with Gasteiger partial charge in [0.1, 0.15) is 16.4 Å². The molecule has 2 aromatic heterocycles. The summed E-state index contributed by atoms with van der Waals surface area (Å²) in [6.07, 6.45) is 1.74. The summed E-state index contributed by atoms with van der Waals surface area (Å²) < 4.78 is 5.20. The number of pyridine rings is 1. The van der Waals surface area contributed by atoms with Crippen molar-refractivity contribution in [3.05, 3.63) is 64.3 Å². The number of rotatable bonds is 6. The lowest BCUT2D eigenvalue weighted by atomic mass is 10.2. The van der Waals surface area contributed by atoms with E-state index in [4.69, 9.17) is 4.74 Å².